The van der Waals surface area contributed by atoms with Crippen LogP contribution in [0.15, 0.2) is 18.2 Å². The third kappa shape index (κ3) is 4.89. The first-order valence-corrected chi connectivity index (χ1v) is 5.36. The summed E-state index contributed by atoms with van der Waals surface area (Å²) in [5.41, 5.74) is 2.97. The fourth-order valence-electron chi connectivity index (χ4n) is 1.29. The lowest BCUT2D eigenvalue weighted by Crippen LogP contribution is -2.12. The van der Waals surface area contributed by atoms with E-state index in [0.29, 0.717) is 25.7 Å². The van der Waals surface area contributed by atoms with Crippen LogP contribution in [0.4, 0.5) is 5.95 Å². The van der Waals surface area contributed by atoms with Crippen LogP contribution in [0.1, 0.15) is 18.3 Å². The van der Waals surface area contributed by atoms with Crippen molar-refractivity contribution in [2.75, 3.05) is 25.1 Å². The van der Waals surface area contributed by atoms with E-state index < -0.39 is 0 Å². The van der Waals surface area contributed by atoms with Gasteiger partial charge in [0.1, 0.15) is 0 Å². The van der Waals surface area contributed by atoms with E-state index in [1.54, 1.807) is 0 Å². The van der Waals surface area contributed by atoms with Crippen LogP contribution in [-0.2, 0) is 4.74 Å². The monoisotopic (exact) mass is 221 g/mol. The molecule has 1 aromatic rings. The Morgan fingerprint density at radius 2 is 2.00 bits per heavy atom. The molecule has 0 saturated heterocycles. The van der Waals surface area contributed by atoms with Crippen LogP contribution < -0.4 is 5.32 Å². The van der Waals surface area contributed by atoms with Crippen LogP contribution in [0, 0.1) is 13.8 Å². The van der Waals surface area contributed by atoms with Crippen molar-refractivity contribution in [2.24, 2.45) is 0 Å². The van der Waals surface area contributed by atoms with Crippen LogP contribution in [-0.4, -0.2) is 29.7 Å². The highest BCUT2D eigenvalue weighted by Gasteiger charge is 1.98. The molecule has 0 atom stereocenters. The van der Waals surface area contributed by atoms with E-state index in [2.05, 4.69) is 21.9 Å². The van der Waals surface area contributed by atoms with Crippen LogP contribution in [0.3, 0.4) is 0 Å². The van der Waals surface area contributed by atoms with Gasteiger partial charge in [0.05, 0.1) is 13.2 Å². The van der Waals surface area contributed by atoms with Gasteiger partial charge in [-0.05, 0) is 26.8 Å². The molecule has 4 heteroatoms. The third-order valence-corrected chi connectivity index (χ3v) is 1.86. The molecule has 0 fully saturated rings. The van der Waals surface area contributed by atoms with Gasteiger partial charge in [-0.3, -0.25) is 0 Å². The standard InChI is InChI=1S/C12H19N3O/c1-9(2)8-16-6-5-13-12-14-10(3)7-11(4)15-12/h7H,1,5-6,8H2,2-4H3,(H,13,14,15). The first-order chi connectivity index (χ1) is 7.58. The summed E-state index contributed by atoms with van der Waals surface area (Å²) >= 11 is 0. The zero-order chi connectivity index (χ0) is 12.0. The maximum atomic E-state index is 5.36. The van der Waals surface area contributed by atoms with Crippen molar-refractivity contribution >= 4 is 5.95 Å². The summed E-state index contributed by atoms with van der Waals surface area (Å²) in [7, 11) is 0. The quantitative estimate of drug-likeness (QED) is 0.590. The molecule has 0 saturated carbocycles. The second-order valence-corrected chi connectivity index (χ2v) is 3.91. The van der Waals surface area contributed by atoms with Crippen molar-refractivity contribution < 1.29 is 4.74 Å². The van der Waals surface area contributed by atoms with E-state index in [9.17, 15) is 0 Å². The van der Waals surface area contributed by atoms with E-state index in [-0.39, 0.29) is 0 Å². The molecule has 16 heavy (non-hydrogen) atoms. The van der Waals surface area contributed by atoms with Gasteiger partial charge < -0.3 is 10.1 Å². The maximum absolute atomic E-state index is 5.36. The number of hydrogen-bond donors (Lipinski definition) is 1. The summed E-state index contributed by atoms with van der Waals surface area (Å²) in [5.74, 6) is 0.663. The van der Waals surface area contributed by atoms with Gasteiger partial charge in [0, 0.05) is 17.9 Å². The molecule has 0 bridgehead atoms. The van der Waals surface area contributed by atoms with Gasteiger partial charge in [0.25, 0.3) is 0 Å². The molecule has 1 aromatic heterocycles. The topological polar surface area (TPSA) is 47.0 Å². The predicted octanol–water partition coefficient (Wildman–Crippen LogP) is 2.10. The van der Waals surface area contributed by atoms with Gasteiger partial charge in [-0.2, -0.15) is 0 Å². The Morgan fingerprint density at radius 3 is 2.56 bits per heavy atom. The highest BCUT2D eigenvalue weighted by molar-refractivity contribution is 5.27. The van der Waals surface area contributed by atoms with Crippen molar-refractivity contribution in [3.05, 3.63) is 29.6 Å². The van der Waals surface area contributed by atoms with Gasteiger partial charge >= 0.3 is 0 Å². The molecule has 0 radical (unpaired) electrons. The van der Waals surface area contributed by atoms with E-state index in [4.69, 9.17) is 4.74 Å². The number of anilines is 1. The zero-order valence-electron chi connectivity index (χ0n) is 10.2. The number of rotatable bonds is 6. The van der Waals surface area contributed by atoms with E-state index in [1.807, 2.05) is 26.8 Å². The normalized spacial score (nSPS) is 10.2. The minimum absolute atomic E-state index is 0.607. The van der Waals surface area contributed by atoms with Crippen molar-refractivity contribution in [3.63, 3.8) is 0 Å². The predicted molar refractivity (Wildman–Crippen MR) is 65.6 cm³/mol. The van der Waals surface area contributed by atoms with E-state index in [1.165, 1.54) is 0 Å². The highest BCUT2D eigenvalue weighted by atomic mass is 16.5. The summed E-state index contributed by atoms with van der Waals surface area (Å²) in [6.07, 6.45) is 0. The fourth-order valence-corrected chi connectivity index (χ4v) is 1.29. The maximum Gasteiger partial charge on any atom is 0.223 e. The number of ether oxygens (including phenoxy) is 1. The molecule has 0 aliphatic carbocycles. The summed E-state index contributed by atoms with van der Waals surface area (Å²) in [6, 6.07) is 1.95. The van der Waals surface area contributed by atoms with Crippen molar-refractivity contribution in [2.45, 2.75) is 20.8 Å². The van der Waals surface area contributed by atoms with Gasteiger partial charge in [-0.25, -0.2) is 9.97 Å². The molecule has 88 valence electrons. The van der Waals surface area contributed by atoms with Crippen molar-refractivity contribution in [1.29, 1.82) is 0 Å². The number of nitrogens with zero attached hydrogens (tertiary/aromatic N) is 2. The molecule has 1 heterocycles. The van der Waals surface area contributed by atoms with Gasteiger partial charge in [0.2, 0.25) is 5.95 Å². The van der Waals surface area contributed by atoms with Crippen molar-refractivity contribution in [1.82, 2.24) is 9.97 Å². The van der Waals surface area contributed by atoms with Gasteiger partial charge in [0.15, 0.2) is 0 Å². The van der Waals surface area contributed by atoms with Crippen LogP contribution in [0.2, 0.25) is 0 Å². The Morgan fingerprint density at radius 1 is 1.38 bits per heavy atom. The molecular formula is C12H19N3O. The molecule has 0 aliphatic rings. The Kier molecular flexibility index (Phi) is 4.92. The van der Waals surface area contributed by atoms with Crippen molar-refractivity contribution in [3.8, 4) is 0 Å². The van der Waals surface area contributed by atoms with Crippen LogP contribution in [0.25, 0.3) is 0 Å². The molecule has 0 aromatic carbocycles. The summed E-state index contributed by atoms with van der Waals surface area (Å²) in [5, 5.41) is 3.12. The molecule has 0 unspecified atom stereocenters. The number of hydrogen-bond acceptors (Lipinski definition) is 4. The van der Waals surface area contributed by atoms with E-state index >= 15 is 0 Å². The first kappa shape index (κ1) is 12.6. The Labute approximate surface area is 96.8 Å². The lowest BCUT2D eigenvalue weighted by atomic mass is 10.4. The molecule has 1 N–H and O–H groups in total. The second-order valence-electron chi connectivity index (χ2n) is 3.91. The Hall–Kier alpha value is -1.42. The summed E-state index contributed by atoms with van der Waals surface area (Å²) < 4.78 is 5.36. The van der Waals surface area contributed by atoms with Crippen LogP contribution >= 0.6 is 0 Å². The Balaban J connectivity index is 2.29. The number of nitrogens with one attached hydrogen (secondary N) is 1. The smallest absolute Gasteiger partial charge is 0.223 e. The Bertz CT molecular complexity index is 343. The molecule has 4 nitrogen and oxygen atoms in total. The number of aromatic nitrogens is 2. The zero-order valence-corrected chi connectivity index (χ0v) is 10.2. The van der Waals surface area contributed by atoms with Gasteiger partial charge in [-0.1, -0.05) is 12.2 Å². The molecule has 0 aliphatic heterocycles. The molecule has 0 amide bonds. The lowest BCUT2D eigenvalue weighted by molar-refractivity contribution is 0.167. The number of aryl methyl sites for hydroxylation is 2. The SMILES string of the molecule is C=C(C)COCCNc1nc(C)cc(C)n1. The van der Waals surface area contributed by atoms with Gasteiger partial charge in [-0.15, -0.1) is 0 Å². The second kappa shape index (κ2) is 6.23. The average Bonchev–Trinajstić information content (AvgIpc) is 2.15. The van der Waals surface area contributed by atoms with Crippen LogP contribution in [0.5, 0.6) is 0 Å². The fraction of sp³-hybridized carbons (Fsp3) is 0.500. The molecular weight excluding hydrogens is 202 g/mol. The highest BCUT2D eigenvalue weighted by Crippen LogP contribution is 2.02. The average molecular weight is 221 g/mol. The van der Waals surface area contributed by atoms with E-state index in [0.717, 1.165) is 17.0 Å². The lowest BCUT2D eigenvalue weighted by Gasteiger charge is -2.07. The largest absolute Gasteiger partial charge is 0.375 e. The minimum atomic E-state index is 0.607. The molecule has 1 rings (SSSR count). The minimum Gasteiger partial charge on any atom is -0.375 e. The molecule has 0 spiro atoms. The third-order valence-electron chi connectivity index (χ3n) is 1.86. The summed E-state index contributed by atoms with van der Waals surface area (Å²) in [4.78, 5) is 8.54. The summed E-state index contributed by atoms with van der Waals surface area (Å²) in [6.45, 7) is 11.6. The first-order valence-electron chi connectivity index (χ1n) is 5.36.